The molecule has 0 unspecified atom stereocenters. The predicted molar refractivity (Wildman–Crippen MR) is 79.1 cm³/mol. The molecule has 2 aromatic rings. The molecule has 4 nitrogen and oxygen atoms in total. The molecule has 0 amide bonds. The maximum absolute atomic E-state index is 8.95. The summed E-state index contributed by atoms with van der Waals surface area (Å²) >= 11 is 0. The second-order valence-corrected chi connectivity index (χ2v) is 4.54. The summed E-state index contributed by atoms with van der Waals surface area (Å²) in [5.74, 6) is 2.08. The Labute approximate surface area is 119 Å². The largest absolute Gasteiger partial charge is 0.438 e. The van der Waals surface area contributed by atoms with Gasteiger partial charge in [0, 0.05) is 12.6 Å². The normalized spacial score (nSPS) is 9.90. The Kier molecular flexibility index (Phi) is 4.21. The number of rotatable bonds is 4. The lowest BCUT2D eigenvalue weighted by atomic mass is 10.1. The van der Waals surface area contributed by atoms with E-state index < -0.39 is 0 Å². The third-order valence-corrected chi connectivity index (χ3v) is 2.88. The molecular formula is C16H17N3O. The van der Waals surface area contributed by atoms with Gasteiger partial charge in [0.25, 0.3) is 0 Å². The number of hydrogen-bond donors (Lipinski definition) is 1. The topological polar surface area (TPSA) is 57.9 Å². The number of aryl methyl sites for hydroxylation is 2. The van der Waals surface area contributed by atoms with Gasteiger partial charge in [-0.1, -0.05) is 6.07 Å². The van der Waals surface area contributed by atoms with E-state index >= 15 is 0 Å². The molecule has 0 bridgehead atoms. The summed E-state index contributed by atoms with van der Waals surface area (Å²) in [4.78, 5) is 4.38. The molecule has 0 radical (unpaired) electrons. The first-order valence-corrected chi connectivity index (χ1v) is 6.54. The fourth-order valence-corrected chi connectivity index (χ4v) is 2.03. The van der Waals surface area contributed by atoms with Crippen LogP contribution in [0.1, 0.15) is 23.6 Å². The van der Waals surface area contributed by atoms with E-state index in [0.29, 0.717) is 11.4 Å². The lowest BCUT2D eigenvalue weighted by Gasteiger charge is -2.12. The van der Waals surface area contributed by atoms with Crippen molar-refractivity contribution in [1.29, 1.82) is 5.26 Å². The summed E-state index contributed by atoms with van der Waals surface area (Å²) in [5, 5.41) is 12.1. The van der Waals surface area contributed by atoms with E-state index in [2.05, 4.69) is 16.4 Å². The van der Waals surface area contributed by atoms with Crippen molar-refractivity contribution in [3.05, 3.63) is 47.0 Å². The van der Waals surface area contributed by atoms with Crippen molar-refractivity contribution in [2.24, 2.45) is 0 Å². The Morgan fingerprint density at radius 3 is 2.55 bits per heavy atom. The molecule has 1 heterocycles. The zero-order chi connectivity index (χ0) is 14.5. The van der Waals surface area contributed by atoms with E-state index in [9.17, 15) is 0 Å². The fraction of sp³-hybridized carbons (Fsp3) is 0.250. The molecule has 0 saturated heterocycles. The van der Waals surface area contributed by atoms with Crippen molar-refractivity contribution in [3.63, 3.8) is 0 Å². The average molecular weight is 267 g/mol. The highest BCUT2D eigenvalue weighted by molar-refractivity contribution is 5.49. The second-order valence-electron chi connectivity index (χ2n) is 4.54. The monoisotopic (exact) mass is 267 g/mol. The minimum Gasteiger partial charge on any atom is -0.438 e. The molecule has 2 rings (SSSR count). The first kappa shape index (κ1) is 13.9. The van der Waals surface area contributed by atoms with Crippen molar-refractivity contribution in [3.8, 4) is 17.7 Å². The van der Waals surface area contributed by atoms with Gasteiger partial charge >= 0.3 is 0 Å². The van der Waals surface area contributed by atoms with Gasteiger partial charge in [0.15, 0.2) is 0 Å². The molecule has 0 aliphatic carbocycles. The van der Waals surface area contributed by atoms with Crippen molar-refractivity contribution >= 4 is 5.82 Å². The third-order valence-electron chi connectivity index (χ3n) is 2.88. The van der Waals surface area contributed by atoms with Crippen molar-refractivity contribution < 1.29 is 4.74 Å². The number of benzene rings is 1. The van der Waals surface area contributed by atoms with Crippen LogP contribution in [0.2, 0.25) is 0 Å². The highest BCUT2D eigenvalue weighted by atomic mass is 16.5. The highest BCUT2D eigenvalue weighted by Crippen LogP contribution is 2.29. The van der Waals surface area contributed by atoms with E-state index in [0.717, 1.165) is 29.2 Å². The summed E-state index contributed by atoms with van der Waals surface area (Å²) in [7, 11) is 0. The van der Waals surface area contributed by atoms with Crippen LogP contribution in [0.15, 0.2) is 30.3 Å². The molecule has 0 aliphatic rings. The van der Waals surface area contributed by atoms with E-state index in [4.69, 9.17) is 10.00 Å². The maximum atomic E-state index is 8.95. The Morgan fingerprint density at radius 1 is 1.25 bits per heavy atom. The number of nitrogens with one attached hydrogen (secondary N) is 1. The number of aromatic nitrogens is 1. The SMILES string of the molecule is CCNc1cccc(Oc2c(C)cc(C#N)cc2C)n1. The van der Waals surface area contributed by atoms with Crippen LogP contribution in [0.3, 0.4) is 0 Å². The zero-order valence-electron chi connectivity index (χ0n) is 11.9. The van der Waals surface area contributed by atoms with E-state index in [1.807, 2.05) is 51.1 Å². The smallest absolute Gasteiger partial charge is 0.221 e. The quantitative estimate of drug-likeness (QED) is 0.915. The van der Waals surface area contributed by atoms with Gasteiger partial charge in [-0.05, 0) is 50.1 Å². The molecule has 0 fully saturated rings. The van der Waals surface area contributed by atoms with Crippen LogP contribution in [0.25, 0.3) is 0 Å². The zero-order valence-corrected chi connectivity index (χ0v) is 11.9. The molecule has 102 valence electrons. The molecule has 4 heteroatoms. The minimum atomic E-state index is 0.541. The van der Waals surface area contributed by atoms with Crippen molar-refractivity contribution in [2.45, 2.75) is 20.8 Å². The third kappa shape index (κ3) is 3.07. The van der Waals surface area contributed by atoms with Crippen molar-refractivity contribution in [1.82, 2.24) is 4.98 Å². The van der Waals surface area contributed by atoms with Gasteiger partial charge in [0.05, 0.1) is 11.6 Å². The first-order valence-electron chi connectivity index (χ1n) is 6.54. The molecule has 1 aromatic carbocycles. The number of ether oxygens (including phenoxy) is 1. The molecular weight excluding hydrogens is 250 g/mol. The summed E-state index contributed by atoms with van der Waals surface area (Å²) in [6, 6.07) is 11.4. The summed E-state index contributed by atoms with van der Waals surface area (Å²) in [5.41, 5.74) is 2.50. The summed E-state index contributed by atoms with van der Waals surface area (Å²) in [6.07, 6.45) is 0. The Balaban J connectivity index is 2.31. The van der Waals surface area contributed by atoms with Crippen LogP contribution < -0.4 is 10.1 Å². The molecule has 0 atom stereocenters. The maximum Gasteiger partial charge on any atom is 0.221 e. The fourth-order valence-electron chi connectivity index (χ4n) is 2.03. The number of pyridine rings is 1. The van der Waals surface area contributed by atoms with Gasteiger partial charge in [-0.15, -0.1) is 0 Å². The van der Waals surface area contributed by atoms with Gasteiger partial charge in [0.2, 0.25) is 5.88 Å². The van der Waals surface area contributed by atoms with Gasteiger partial charge in [-0.3, -0.25) is 0 Å². The molecule has 0 aliphatic heterocycles. The summed E-state index contributed by atoms with van der Waals surface area (Å²) in [6.45, 7) is 6.68. The second kappa shape index (κ2) is 6.07. The Bertz CT molecular complexity index is 636. The van der Waals surface area contributed by atoms with Gasteiger partial charge in [-0.2, -0.15) is 10.2 Å². The molecule has 0 saturated carbocycles. The number of nitrogens with zero attached hydrogens (tertiary/aromatic N) is 2. The van der Waals surface area contributed by atoms with Gasteiger partial charge < -0.3 is 10.1 Å². The lowest BCUT2D eigenvalue weighted by Crippen LogP contribution is -2.00. The molecule has 1 aromatic heterocycles. The van der Waals surface area contributed by atoms with Crippen LogP contribution >= 0.6 is 0 Å². The summed E-state index contributed by atoms with van der Waals surface area (Å²) < 4.78 is 5.87. The molecule has 0 spiro atoms. The highest BCUT2D eigenvalue weighted by Gasteiger charge is 2.08. The predicted octanol–water partition coefficient (Wildman–Crippen LogP) is 3.79. The molecule has 1 N–H and O–H groups in total. The Hall–Kier alpha value is -2.54. The van der Waals surface area contributed by atoms with Crippen LogP contribution in [-0.2, 0) is 0 Å². The standard InChI is InChI=1S/C16H17N3O/c1-4-18-14-6-5-7-15(19-14)20-16-11(2)8-13(10-17)9-12(16)3/h5-9H,4H2,1-3H3,(H,18,19). The van der Waals surface area contributed by atoms with Crippen LogP contribution in [-0.4, -0.2) is 11.5 Å². The van der Waals surface area contributed by atoms with Crippen molar-refractivity contribution in [2.75, 3.05) is 11.9 Å². The number of anilines is 1. The average Bonchev–Trinajstić information content (AvgIpc) is 2.43. The lowest BCUT2D eigenvalue weighted by molar-refractivity contribution is 0.456. The van der Waals surface area contributed by atoms with Crippen LogP contribution in [0.4, 0.5) is 5.82 Å². The van der Waals surface area contributed by atoms with Gasteiger partial charge in [-0.25, -0.2) is 0 Å². The van der Waals surface area contributed by atoms with Gasteiger partial charge in [0.1, 0.15) is 11.6 Å². The minimum absolute atomic E-state index is 0.541. The van der Waals surface area contributed by atoms with E-state index in [1.165, 1.54) is 0 Å². The van der Waals surface area contributed by atoms with E-state index in [-0.39, 0.29) is 0 Å². The first-order chi connectivity index (χ1) is 9.63. The van der Waals surface area contributed by atoms with Crippen LogP contribution in [0, 0.1) is 25.2 Å². The Morgan fingerprint density at radius 2 is 1.95 bits per heavy atom. The number of nitriles is 1. The van der Waals surface area contributed by atoms with Crippen LogP contribution in [0.5, 0.6) is 11.6 Å². The number of hydrogen-bond acceptors (Lipinski definition) is 4. The van der Waals surface area contributed by atoms with E-state index in [1.54, 1.807) is 0 Å². The molecule has 20 heavy (non-hydrogen) atoms.